The Kier molecular flexibility index (Phi) is 5.88. The van der Waals surface area contributed by atoms with Crippen LogP contribution in [0.25, 0.3) is 10.1 Å². The molecule has 0 fully saturated rings. The predicted molar refractivity (Wildman–Crippen MR) is 121 cm³/mol. The third kappa shape index (κ3) is 4.40. The summed E-state index contributed by atoms with van der Waals surface area (Å²) in [6, 6.07) is 15.8. The van der Waals surface area contributed by atoms with Crippen LogP contribution in [-0.2, 0) is 19.4 Å². The number of aromatic nitrogens is 1. The summed E-state index contributed by atoms with van der Waals surface area (Å²) in [4.78, 5) is 15.4. The van der Waals surface area contributed by atoms with Gasteiger partial charge in [0.05, 0.1) is 10.3 Å². The van der Waals surface area contributed by atoms with Crippen LogP contribution in [0.1, 0.15) is 27.0 Å². The van der Waals surface area contributed by atoms with Crippen LogP contribution in [0.15, 0.2) is 60.1 Å². The molecule has 4 rings (SSSR count). The second-order valence-electron chi connectivity index (χ2n) is 6.89. The van der Waals surface area contributed by atoms with E-state index in [4.69, 9.17) is 22.1 Å². The van der Waals surface area contributed by atoms with Crippen LogP contribution in [0.4, 0.5) is 5.82 Å². The number of aryl methyl sites for hydroxylation is 2. The summed E-state index contributed by atoms with van der Waals surface area (Å²) in [7, 11) is 0. The molecule has 0 unspecified atom stereocenters. The van der Waals surface area contributed by atoms with E-state index < -0.39 is 5.97 Å². The Morgan fingerprint density at radius 2 is 1.90 bits per heavy atom. The first kappa shape index (κ1) is 20.2. The number of pyridine rings is 1. The van der Waals surface area contributed by atoms with Crippen molar-refractivity contribution in [1.29, 1.82) is 0 Å². The van der Waals surface area contributed by atoms with E-state index >= 15 is 0 Å². The minimum Gasteiger partial charge on any atom is -0.489 e. The van der Waals surface area contributed by atoms with Crippen molar-refractivity contribution in [2.75, 3.05) is 5.73 Å². The molecule has 4 aromatic rings. The smallest absolute Gasteiger partial charge is 0.338 e. The quantitative estimate of drug-likeness (QED) is 0.392. The number of ether oxygens (including phenoxy) is 1. The highest BCUT2D eigenvalue weighted by Crippen LogP contribution is 2.33. The first-order valence-electron chi connectivity index (χ1n) is 9.35. The number of nitrogen functional groups attached to an aromatic ring is 1. The third-order valence-corrected chi connectivity index (χ3v) is 6.15. The normalized spacial score (nSPS) is 11.0. The van der Waals surface area contributed by atoms with Gasteiger partial charge < -0.3 is 15.6 Å². The molecule has 2 heterocycles. The number of hydrogen-bond acceptors (Lipinski definition) is 5. The number of aromatic carboxylic acids is 1. The highest BCUT2D eigenvalue weighted by molar-refractivity contribution is 7.17. The fraction of sp³-hybridized carbons (Fsp3) is 0.130. The van der Waals surface area contributed by atoms with Crippen LogP contribution in [-0.4, -0.2) is 16.1 Å². The second kappa shape index (κ2) is 8.73. The molecule has 0 aliphatic carbocycles. The third-order valence-electron chi connectivity index (χ3n) is 4.84. The maximum absolute atomic E-state index is 11.4. The van der Waals surface area contributed by atoms with Gasteiger partial charge in [0.15, 0.2) is 0 Å². The summed E-state index contributed by atoms with van der Waals surface area (Å²) in [5.74, 6) is 0.0469. The maximum atomic E-state index is 11.4. The molecular formula is C23H19ClN2O3S. The molecule has 7 heteroatoms. The predicted octanol–water partition coefficient (Wildman–Crippen LogP) is 5.59. The van der Waals surface area contributed by atoms with Gasteiger partial charge in [-0.25, -0.2) is 9.78 Å². The van der Waals surface area contributed by atoms with Gasteiger partial charge in [0.1, 0.15) is 18.2 Å². The van der Waals surface area contributed by atoms with Gasteiger partial charge >= 0.3 is 5.97 Å². The van der Waals surface area contributed by atoms with Gasteiger partial charge in [-0.15, -0.1) is 11.3 Å². The van der Waals surface area contributed by atoms with Gasteiger partial charge in [-0.3, -0.25) is 0 Å². The summed E-state index contributed by atoms with van der Waals surface area (Å²) >= 11 is 7.28. The van der Waals surface area contributed by atoms with Crippen LogP contribution >= 0.6 is 22.9 Å². The minimum atomic E-state index is -1.02. The molecular weight excluding hydrogens is 420 g/mol. The summed E-state index contributed by atoms with van der Waals surface area (Å²) in [5.41, 5.74) is 9.39. The number of benzene rings is 2. The highest BCUT2D eigenvalue weighted by atomic mass is 35.5. The molecule has 2 aromatic heterocycles. The molecule has 0 bridgehead atoms. The Morgan fingerprint density at radius 3 is 2.67 bits per heavy atom. The highest BCUT2D eigenvalue weighted by Gasteiger charge is 2.17. The SMILES string of the molecule is Nc1ncc(C(=O)O)c2scc(COc3cccc(CCc4ccc(Cl)cc4)c3)c12. The van der Waals surface area contributed by atoms with E-state index in [0.717, 1.165) is 29.2 Å². The van der Waals surface area contributed by atoms with Crippen LogP contribution in [0.3, 0.4) is 0 Å². The van der Waals surface area contributed by atoms with Crippen LogP contribution in [0.5, 0.6) is 5.75 Å². The number of carbonyl (C=O) groups is 1. The zero-order valence-electron chi connectivity index (χ0n) is 16.0. The number of halogens is 1. The number of fused-ring (bicyclic) bond motifs is 1. The van der Waals surface area contributed by atoms with Crippen molar-refractivity contribution in [2.24, 2.45) is 0 Å². The molecule has 30 heavy (non-hydrogen) atoms. The van der Waals surface area contributed by atoms with E-state index in [-0.39, 0.29) is 12.2 Å². The summed E-state index contributed by atoms with van der Waals surface area (Å²) in [6.07, 6.45) is 3.10. The molecule has 152 valence electrons. The standard InChI is InChI=1S/C23H19ClN2O3S/c24-17-8-6-14(7-9-17)4-5-15-2-1-3-18(10-15)29-12-16-13-30-21-19(23(27)28)11-26-22(25)20(16)21/h1-3,6-11,13H,4-5,12H2,(H2,25,26)(H,27,28). The number of hydrogen-bond donors (Lipinski definition) is 2. The average molecular weight is 439 g/mol. The lowest BCUT2D eigenvalue weighted by atomic mass is 10.0. The van der Waals surface area contributed by atoms with Crippen LogP contribution < -0.4 is 10.5 Å². The number of carboxylic acids is 1. The lowest BCUT2D eigenvalue weighted by Crippen LogP contribution is -2.02. The van der Waals surface area contributed by atoms with E-state index in [1.807, 2.05) is 47.8 Å². The Hall–Kier alpha value is -3.09. The van der Waals surface area contributed by atoms with Gasteiger partial charge in [-0.05, 0) is 53.6 Å². The van der Waals surface area contributed by atoms with Crippen molar-refractivity contribution in [3.8, 4) is 5.75 Å². The summed E-state index contributed by atoms with van der Waals surface area (Å²) in [5, 5.41) is 12.6. The maximum Gasteiger partial charge on any atom is 0.338 e. The first-order valence-corrected chi connectivity index (χ1v) is 10.6. The Morgan fingerprint density at radius 1 is 1.13 bits per heavy atom. The topological polar surface area (TPSA) is 85.4 Å². The van der Waals surface area contributed by atoms with Crippen molar-refractivity contribution in [3.05, 3.63) is 87.4 Å². The number of rotatable bonds is 7. The Balaban J connectivity index is 1.47. The Bertz CT molecular complexity index is 1210. The summed E-state index contributed by atoms with van der Waals surface area (Å²) < 4.78 is 6.60. The minimum absolute atomic E-state index is 0.152. The zero-order chi connectivity index (χ0) is 21.1. The van der Waals surface area contributed by atoms with Gasteiger partial charge in [0.25, 0.3) is 0 Å². The zero-order valence-corrected chi connectivity index (χ0v) is 17.5. The average Bonchev–Trinajstić information content (AvgIpc) is 3.17. The fourth-order valence-electron chi connectivity index (χ4n) is 3.28. The second-order valence-corrected chi connectivity index (χ2v) is 8.21. The van der Waals surface area contributed by atoms with Crippen molar-refractivity contribution in [1.82, 2.24) is 4.98 Å². The molecule has 0 amide bonds. The van der Waals surface area contributed by atoms with Gasteiger partial charge in [-0.1, -0.05) is 35.9 Å². The Labute approximate surface area is 182 Å². The summed E-state index contributed by atoms with van der Waals surface area (Å²) in [6.45, 7) is 0.287. The molecule has 0 aliphatic heterocycles. The lowest BCUT2D eigenvalue weighted by Gasteiger charge is -2.09. The van der Waals surface area contributed by atoms with E-state index in [2.05, 4.69) is 11.1 Å². The van der Waals surface area contributed by atoms with Crippen molar-refractivity contribution in [3.63, 3.8) is 0 Å². The van der Waals surface area contributed by atoms with Crippen LogP contribution in [0, 0.1) is 0 Å². The van der Waals surface area contributed by atoms with E-state index in [1.54, 1.807) is 0 Å². The van der Waals surface area contributed by atoms with E-state index in [0.29, 0.717) is 15.9 Å². The molecule has 0 aliphatic rings. The van der Waals surface area contributed by atoms with E-state index in [9.17, 15) is 9.90 Å². The molecule has 0 spiro atoms. The number of thiophene rings is 1. The van der Waals surface area contributed by atoms with E-state index in [1.165, 1.54) is 28.7 Å². The van der Waals surface area contributed by atoms with Gasteiger partial charge in [0, 0.05) is 22.2 Å². The van der Waals surface area contributed by atoms with Crippen molar-refractivity contribution in [2.45, 2.75) is 19.4 Å². The number of nitrogens with zero attached hydrogens (tertiary/aromatic N) is 1. The molecule has 2 aromatic carbocycles. The molecule has 0 saturated heterocycles. The molecule has 3 N–H and O–H groups in total. The van der Waals surface area contributed by atoms with Crippen molar-refractivity contribution < 1.29 is 14.6 Å². The van der Waals surface area contributed by atoms with Crippen LogP contribution in [0.2, 0.25) is 5.02 Å². The molecule has 0 radical (unpaired) electrons. The lowest BCUT2D eigenvalue weighted by molar-refractivity contribution is 0.0699. The van der Waals surface area contributed by atoms with Crippen molar-refractivity contribution >= 4 is 44.8 Å². The molecule has 0 atom stereocenters. The number of carboxylic acid groups (broad SMARTS) is 1. The monoisotopic (exact) mass is 438 g/mol. The first-order chi connectivity index (χ1) is 14.5. The van der Waals surface area contributed by atoms with Gasteiger partial charge in [-0.2, -0.15) is 0 Å². The fourth-order valence-corrected chi connectivity index (χ4v) is 4.47. The molecule has 5 nitrogen and oxygen atoms in total. The number of nitrogens with two attached hydrogens (primary N) is 1. The largest absolute Gasteiger partial charge is 0.489 e. The number of anilines is 1. The molecule has 0 saturated carbocycles. The van der Waals surface area contributed by atoms with Gasteiger partial charge in [0.2, 0.25) is 0 Å².